The summed E-state index contributed by atoms with van der Waals surface area (Å²) in [6.45, 7) is 9.13. The standard InChI is InChI=1S/C13H20N2O/c1-4-6-8-14-12-10-15(13(16)5-2)9-7-11(12)3/h4,8H,1,5-7,9-10H2,2-3H3. The van der Waals surface area contributed by atoms with Gasteiger partial charge in [-0.2, -0.15) is 0 Å². The van der Waals surface area contributed by atoms with Gasteiger partial charge in [-0.05, 0) is 18.9 Å². The van der Waals surface area contributed by atoms with Crippen molar-refractivity contribution >= 4 is 12.1 Å². The molecule has 0 fully saturated rings. The van der Waals surface area contributed by atoms with Gasteiger partial charge in [0.05, 0.1) is 12.2 Å². The zero-order valence-corrected chi connectivity index (χ0v) is 10.2. The summed E-state index contributed by atoms with van der Waals surface area (Å²) in [7, 11) is 0. The lowest BCUT2D eigenvalue weighted by Gasteiger charge is -2.28. The van der Waals surface area contributed by atoms with Gasteiger partial charge in [-0.3, -0.25) is 9.79 Å². The van der Waals surface area contributed by atoms with Gasteiger partial charge in [0.2, 0.25) is 5.91 Å². The normalized spacial score (nSPS) is 17.0. The fraction of sp³-hybridized carbons (Fsp3) is 0.538. The molecular weight excluding hydrogens is 200 g/mol. The molecule has 3 heteroatoms. The van der Waals surface area contributed by atoms with Crippen LogP contribution in [0.4, 0.5) is 0 Å². The van der Waals surface area contributed by atoms with Crippen molar-refractivity contribution in [3.8, 4) is 0 Å². The minimum absolute atomic E-state index is 0.212. The number of hydrogen-bond acceptors (Lipinski definition) is 2. The van der Waals surface area contributed by atoms with E-state index in [0.29, 0.717) is 13.0 Å². The first-order valence-electron chi connectivity index (χ1n) is 5.78. The zero-order valence-electron chi connectivity index (χ0n) is 10.2. The van der Waals surface area contributed by atoms with Crippen LogP contribution in [0.5, 0.6) is 0 Å². The highest BCUT2D eigenvalue weighted by atomic mass is 16.2. The van der Waals surface area contributed by atoms with Gasteiger partial charge in [0.1, 0.15) is 0 Å². The topological polar surface area (TPSA) is 32.7 Å². The van der Waals surface area contributed by atoms with Crippen LogP contribution in [0, 0.1) is 0 Å². The van der Waals surface area contributed by atoms with E-state index in [1.54, 1.807) is 0 Å². The molecule has 0 spiro atoms. The lowest BCUT2D eigenvalue weighted by molar-refractivity contribution is -0.130. The summed E-state index contributed by atoms with van der Waals surface area (Å²) < 4.78 is 0. The van der Waals surface area contributed by atoms with Crippen molar-refractivity contribution in [3.05, 3.63) is 23.9 Å². The molecule has 1 amide bonds. The van der Waals surface area contributed by atoms with Crippen molar-refractivity contribution in [2.75, 3.05) is 13.1 Å². The second-order valence-corrected chi connectivity index (χ2v) is 3.98. The lowest BCUT2D eigenvalue weighted by Crippen LogP contribution is -2.36. The van der Waals surface area contributed by atoms with Gasteiger partial charge in [-0.15, -0.1) is 6.58 Å². The highest BCUT2D eigenvalue weighted by Gasteiger charge is 2.18. The van der Waals surface area contributed by atoms with Crippen LogP contribution in [0.3, 0.4) is 0 Å². The molecule has 0 aliphatic carbocycles. The van der Waals surface area contributed by atoms with Crippen molar-refractivity contribution in [3.63, 3.8) is 0 Å². The van der Waals surface area contributed by atoms with Gasteiger partial charge >= 0.3 is 0 Å². The molecule has 0 bridgehead atoms. The highest BCUT2D eigenvalue weighted by Crippen LogP contribution is 2.18. The Morgan fingerprint density at radius 2 is 2.38 bits per heavy atom. The fourth-order valence-corrected chi connectivity index (χ4v) is 1.67. The predicted molar refractivity (Wildman–Crippen MR) is 67.5 cm³/mol. The fourth-order valence-electron chi connectivity index (χ4n) is 1.67. The molecule has 1 rings (SSSR count). The molecule has 0 aromatic rings. The van der Waals surface area contributed by atoms with E-state index in [-0.39, 0.29) is 5.91 Å². The molecule has 1 aliphatic heterocycles. The Labute approximate surface area is 97.6 Å². The third-order valence-corrected chi connectivity index (χ3v) is 2.76. The number of nitrogens with zero attached hydrogens (tertiary/aromatic N) is 2. The Hall–Kier alpha value is -1.38. The Morgan fingerprint density at radius 1 is 1.62 bits per heavy atom. The van der Waals surface area contributed by atoms with Crippen molar-refractivity contribution in [1.29, 1.82) is 0 Å². The van der Waals surface area contributed by atoms with Gasteiger partial charge in [-0.1, -0.05) is 13.0 Å². The number of carbonyl (C=O) groups is 1. The van der Waals surface area contributed by atoms with E-state index in [1.165, 1.54) is 5.57 Å². The van der Waals surface area contributed by atoms with Gasteiger partial charge in [-0.25, -0.2) is 0 Å². The molecule has 0 aromatic carbocycles. The summed E-state index contributed by atoms with van der Waals surface area (Å²) in [6, 6.07) is 0. The van der Waals surface area contributed by atoms with E-state index in [2.05, 4.69) is 18.5 Å². The molecule has 1 heterocycles. The Kier molecular flexibility index (Phi) is 4.96. The van der Waals surface area contributed by atoms with Crippen LogP contribution in [-0.2, 0) is 4.79 Å². The number of aliphatic imine (C=N–C) groups is 1. The summed E-state index contributed by atoms with van der Waals surface area (Å²) in [5.41, 5.74) is 2.33. The average Bonchev–Trinajstić information content (AvgIpc) is 2.31. The van der Waals surface area contributed by atoms with E-state index in [1.807, 2.05) is 24.1 Å². The van der Waals surface area contributed by atoms with Crippen LogP contribution >= 0.6 is 0 Å². The van der Waals surface area contributed by atoms with E-state index < -0.39 is 0 Å². The van der Waals surface area contributed by atoms with Crippen LogP contribution in [-0.4, -0.2) is 30.1 Å². The van der Waals surface area contributed by atoms with Crippen molar-refractivity contribution in [2.45, 2.75) is 33.1 Å². The minimum Gasteiger partial charge on any atom is -0.336 e. The Balaban J connectivity index is 2.67. The third kappa shape index (κ3) is 3.33. The van der Waals surface area contributed by atoms with Crippen LogP contribution in [0.1, 0.15) is 33.1 Å². The van der Waals surface area contributed by atoms with Crippen molar-refractivity contribution in [1.82, 2.24) is 4.90 Å². The molecule has 0 unspecified atom stereocenters. The summed E-state index contributed by atoms with van der Waals surface area (Å²) in [5.74, 6) is 0.212. The summed E-state index contributed by atoms with van der Waals surface area (Å²) in [4.78, 5) is 17.9. The van der Waals surface area contributed by atoms with E-state index in [9.17, 15) is 4.79 Å². The molecular formula is C13H20N2O. The van der Waals surface area contributed by atoms with Crippen LogP contribution in [0.15, 0.2) is 28.9 Å². The SMILES string of the molecule is C=CCC=NC1=C(C)CCN(C(=O)CC)C1. The van der Waals surface area contributed by atoms with Crippen molar-refractivity contribution in [2.24, 2.45) is 4.99 Å². The highest BCUT2D eigenvalue weighted by molar-refractivity contribution is 5.76. The van der Waals surface area contributed by atoms with Gasteiger partial charge in [0.25, 0.3) is 0 Å². The quantitative estimate of drug-likeness (QED) is 0.529. The van der Waals surface area contributed by atoms with Crippen LogP contribution < -0.4 is 0 Å². The summed E-state index contributed by atoms with van der Waals surface area (Å²) >= 11 is 0. The smallest absolute Gasteiger partial charge is 0.222 e. The second kappa shape index (κ2) is 6.26. The largest absolute Gasteiger partial charge is 0.336 e. The van der Waals surface area contributed by atoms with Crippen LogP contribution in [0.25, 0.3) is 0 Å². The summed E-state index contributed by atoms with van der Waals surface area (Å²) in [6.07, 6.45) is 5.96. The minimum atomic E-state index is 0.212. The number of amides is 1. The second-order valence-electron chi connectivity index (χ2n) is 3.98. The lowest BCUT2D eigenvalue weighted by atomic mass is 10.1. The monoisotopic (exact) mass is 220 g/mol. The van der Waals surface area contributed by atoms with Crippen molar-refractivity contribution < 1.29 is 4.79 Å². The number of rotatable bonds is 4. The molecule has 0 N–H and O–H groups in total. The Morgan fingerprint density at radius 3 is 3.00 bits per heavy atom. The molecule has 16 heavy (non-hydrogen) atoms. The molecule has 0 atom stereocenters. The number of hydrogen-bond donors (Lipinski definition) is 0. The maximum atomic E-state index is 11.6. The summed E-state index contributed by atoms with van der Waals surface area (Å²) in [5, 5.41) is 0. The average molecular weight is 220 g/mol. The molecule has 0 aromatic heterocycles. The maximum absolute atomic E-state index is 11.6. The van der Waals surface area contributed by atoms with Crippen LogP contribution in [0.2, 0.25) is 0 Å². The van der Waals surface area contributed by atoms with Gasteiger partial charge in [0.15, 0.2) is 0 Å². The molecule has 1 aliphatic rings. The number of allylic oxidation sites excluding steroid dienone is 1. The third-order valence-electron chi connectivity index (χ3n) is 2.76. The first-order chi connectivity index (χ1) is 7.69. The first kappa shape index (κ1) is 12.7. The van der Waals surface area contributed by atoms with E-state index in [0.717, 1.165) is 25.1 Å². The number of carbonyl (C=O) groups excluding carboxylic acids is 1. The molecule has 0 saturated heterocycles. The van der Waals surface area contributed by atoms with E-state index in [4.69, 9.17) is 0 Å². The zero-order chi connectivity index (χ0) is 12.0. The molecule has 0 radical (unpaired) electrons. The molecule has 3 nitrogen and oxygen atoms in total. The van der Waals surface area contributed by atoms with Gasteiger partial charge < -0.3 is 4.90 Å². The van der Waals surface area contributed by atoms with E-state index >= 15 is 0 Å². The maximum Gasteiger partial charge on any atom is 0.222 e. The van der Waals surface area contributed by atoms with Gasteiger partial charge in [0, 0.05) is 25.6 Å². The Bertz CT molecular complexity index is 329. The first-order valence-corrected chi connectivity index (χ1v) is 5.78. The predicted octanol–water partition coefficient (Wildman–Crippen LogP) is 2.55. The molecule has 0 saturated carbocycles. The molecule has 88 valence electrons.